The summed E-state index contributed by atoms with van der Waals surface area (Å²) < 4.78 is 0. The number of carbonyl (C=O) groups is 1. The molecule has 90 valence electrons. The fourth-order valence-corrected chi connectivity index (χ4v) is 1.94. The lowest BCUT2D eigenvalue weighted by Gasteiger charge is -2.10. The first-order valence-corrected chi connectivity index (χ1v) is 6.36. The first-order valence-electron chi connectivity index (χ1n) is 5.41. The van der Waals surface area contributed by atoms with Crippen LogP contribution in [-0.4, -0.2) is 30.6 Å². The van der Waals surface area contributed by atoms with Crippen molar-refractivity contribution in [2.75, 3.05) is 19.6 Å². The summed E-state index contributed by atoms with van der Waals surface area (Å²) in [6, 6.07) is 1.88. The molecule has 0 radical (unpaired) electrons. The molecule has 16 heavy (non-hydrogen) atoms. The second kappa shape index (κ2) is 7.38. The zero-order valence-corrected chi connectivity index (χ0v) is 10.2. The Morgan fingerprint density at radius 3 is 3.06 bits per heavy atom. The number of thiophene rings is 1. The lowest BCUT2D eigenvalue weighted by Crippen LogP contribution is -2.35. The molecule has 0 aromatic carbocycles. The summed E-state index contributed by atoms with van der Waals surface area (Å²) in [6.45, 7) is 3.36. The molecule has 5 heteroatoms. The van der Waals surface area contributed by atoms with E-state index in [9.17, 15) is 9.90 Å². The van der Waals surface area contributed by atoms with Gasteiger partial charge in [-0.2, -0.15) is 11.3 Å². The van der Waals surface area contributed by atoms with Crippen molar-refractivity contribution in [2.24, 2.45) is 0 Å². The highest BCUT2D eigenvalue weighted by atomic mass is 32.1. The molecular formula is C11H18N2O2S. The number of hydrogen-bond acceptors (Lipinski definition) is 4. The van der Waals surface area contributed by atoms with Crippen LogP contribution < -0.4 is 10.6 Å². The predicted octanol–water partition coefficient (Wildman–Crippen LogP) is 0.897. The van der Waals surface area contributed by atoms with E-state index in [-0.39, 0.29) is 12.5 Å². The van der Waals surface area contributed by atoms with E-state index in [2.05, 4.69) is 10.6 Å². The summed E-state index contributed by atoms with van der Waals surface area (Å²) in [5.74, 6) is -0.0284. The average Bonchev–Trinajstić information content (AvgIpc) is 2.79. The van der Waals surface area contributed by atoms with E-state index in [0.717, 1.165) is 12.0 Å². The normalized spacial score (nSPS) is 12.4. The quantitative estimate of drug-likeness (QED) is 0.665. The largest absolute Gasteiger partial charge is 0.387 e. The van der Waals surface area contributed by atoms with Gasteiger partial charge in [-0.05, 0) is 28.8 Å². The first-order chi connectivity index (χ1) is 7.74. The number of hydrogen-bond donors (Lipinski definition) is 3. The zero-order chi connectivity index (χ0) is 11.8. The van der Waals surface area contributed by atoms with Crippen LogP contribution in [0.1, 0.15) is 25.0 Å². The molecule has 3 N–H and O–H groups in total. The van der Waals surface area contributed by atoms with Crippen LogP contribution in [0.25, 0.3) is 0 Å². The Labute approximate surface area is 99.7 Å². The molecule has 4 nitrogen and oxygen atoms in total. The maximum absolute atomic E-state index is 11.2. The topological polar surface area (TPSA) is 61.4 Å². The van der Waals surface area contributed by atoms with Gasteiger partial charge in [-0.3, -0.25) is 4.79 Å². The molecule has 0 aliphatic rings. The molecule has 0 bridgehead atoms. The monoisotopic (exact) mass is 242 g/mol. The van der Waals surface area contributed by atoms with Crippen LogP contribution in [-0.2, 0) is 4.79 Å². The molecule has 0 spiro atoms. The van der Waals surface area contributed by atoms with Crippen molar-refractivity contribution in [3.05, 3.63) is 22.4 Å². The molecule has 1 aromatic heterocycles. The van der Waals surface area contributed by atoms with Gasteiger partial charge >= 0.3 is 0 Å². The number of aliphatic hydroxyl groups excluding tert-OH is 1. The van der Waals surface area contributed by atoms with Crippen LogP contribution in [0.5, 0.6) is 0 Å². The van der Waals surface area contributed by atoms with Gasteiger partial charge in [-0.25, -0.2) is 0 Å². The van der Waals surface area contributed by atoms with Crippen molar-refractivity contribution in [1.29, 1.82) is 0 Å². The molecule has 0 saturated heterocycles. The van der Waals surface area contributed by atoms with Crippen LogP contribution in [0.15, 0.2) is 16.8 Å². The molecule has 1 aromatic rings. The second-order valence-corrected chi connectivity index (χ2v) is 4.33. The van der Waals surface area contributed by atoms with Gasteiger partial charge in [0.1, 0.15) is 0 Å². The van der Waals surface area contributed by atoms with Gasteiger partial charge in [0, 0.05) is 13.1 Å². The highest BCUT2D eigenvalue weighted by Gasteiger charge is 2.07. The zero-order valence-electron chi connectivity index (χ0n) is 9.40. The van der Waals surface area contributed by atoms with E-state index in [1.165, 1.54) is 0 Å². The van der Waals surface area contributed by atoms with Crippen LogP contribution >= 0.6 is 11.3 Å². The smallest absolute Gasteiger partial charge is 0.233 e. The summed E-state index contributed by atoms with van der Waals surface area (Å²) in [6.07, 6.45) is 0.397. The van der Waals surface area contributed by atoms with Crippen molar-refractivity contribution in [3.8, 4) is 0 Å². The Balaban J connectivity index is 2.13. The Morgan fingerprint density at radius 1 is 1.62 bits per heavy atom. The van der Waals surface area contributed by atoms with Crippen LogP contribution in [0.3, 0.4) is 0 Å². The summed E-state index contributed by atoms with van der Waals surface area (Å²) in [5.41, 5.74) is 0.895. The molecular weight excluding hydrogens is 224 g/mol. The lowest BCUT2D eigenvalue weighted by molar-refractivity contribution is -0.120. The standard InChI is InChI=1S/C11H18N2O2S/c1-2-4-13-11(15)7-12-6-10(14)9-3-5-16-8-9/h3,5,8,10,12,14H,2,4,6-7H2,1H3,(H,13,15). The first kappa shape index (κ1) is 13.2. The van der Waals surface area contributed by atoms with Crippen molar-refractivity contribution >= 4 is 17.2 Å². The Morgan fingerprint density at radius 2 is 2.44 bits per heavy atom. The van der Waals surface area contributed by atoms with Gasteiger partial charge in [-0.15, -0.1) is 0 Å². The summed E-state index contributed by atoms with van der Waals surface area (Å²) in [4.78, 5) is 11.2. The van der Waals surface area contributed by atoms with Gasteiger partial charge in [-0.1, -0.05) is 6.92 Å². The minimum absolute atomic E-state index is 0.0284. The minimum Gasteiger partial charge on any atom is -0.387 e. The van der Waals surface area contributed by atoms with Crippen LogP contribution in [0.4, 0.5) is 0 Å². The molecule has 1 heterocycles. The SMILES string of the molecule is CCCNC(=O)CNCC(O)c1ccsc1. The van der Waals surface area contributed by atoms with Crippen molar-refractivity contribution in [3.63, 3.8) is 0 Å². The molecule has 1 unspecified atom stereocenters. The average molecular weight is 242 g/mol. The fraction of sp³-hybridized carbons (Fsp3) is 0.545. The van der Waals surface area contributed by atoms with E-state index in [4.69, 9.17) is 0 Å². The molecule has 1 amide bonds. The molecule has 0 saturated carbocycles. The third kappa shape index (κ3) is 4.74. The minimum atomic E-state index is -0.537. The summed E-state index contributed by atoms with van der Waals surface area (Å²) >= 11 is 1.55. The van der Waals surface area contributed by atoms with Gasteiger partial charge in [0.15, 0.2) is 0 Å². The third-order valence-corrected chi connectivity index (χ3v) is 2.82. The van der Waals surface area contributed by atoms with Crippen molar-refractivity contribution in [2.45, 2.75) is 19.4 Å². The maximum atomic E-state index is 11.2. The third-order valence-electron chi connectivity index (χ3n) is 2.12. The van der Waals surface area contributed by atoms with Gasteiger partial charge in [0.05, 0.1) is 12.6 Å². The van der Waals surface area contributed by atoms with E-state index in [1.54, 1.807) is 11.3 Å². The highest BCUT2D eigenvalue weighted by molar-refractivity contribution is 7.07. The Hall–Kier alpha value is -0.910. The fourth-order valence-electron chi connectivity index (χ4n) is 1.23. The number of amides is 1. The highest BCUT2D eigenvalue weighted by Crippen LogP contribution is 2.14. The number of nitrogens with one attached hydrogen (secondary N) is 2. The number of carbonyl (C=O) groups excluding carboxylic acids is 1. The van der Waals surface area contributed by atoms with E-state index in [0.29, 0.717) is 13.1 Å². The summed E-state index contributed by atoms with van der Waals surface area (Å²) in [7, 11) is 0. The van der Waals surface area contributed by atoms with Gasteiger partial charge in [0.2, 0.25) is 5.91 Å². The predicted molar refractivity (Wildman–Crippen MR) is 65.4 cm³/mol. The van der Waals surface area contributed by atoms with Crippen molar-refractivity contribution in [1.82, 2.24) is 10.6 Å². The van der Waals surface area contributed by atoms with Crippen LogP contribution in [0.2, 0.25) is 0 Å². The number of aliphatic hydroxyl groups is 1. The summed E-state index contributed by atoms with van der Waals surface area (Å²) in [5, 5.41) is 19.2. The number of rotatable bonds is 7. The van der Waals surface area contributed by atoms with E-state index >= 15 is 0 Å². The molecule has 0 fully saturated rings. The van der Waals surface area contributed by atoms with Gasteiger partial charge in [0.25, 0.3) is 0 Å². The maximum Gasteiger partial charge on any atom is 0.233 e. The Bertz CT molecular complexity index is 301. The van der Waals surface area contributed by atoms with E-state index in [1.807, 2.05) is 23.8 Å². The van der Waals surface area contributed by atoms with E-state index < -0.39 is 6.10 Å². The molecule has 1 atom stereocenters. The molecule has 0 aliphatic carbocycles. The second-order valence-electron chi connectivity index (χ2n) is 3.55. The van der Waals surface area contributed by atoms with Crippen molar-refractivity contribution < 1.29 is 9.90 Å². The molecule has 1 rings (SSSR count). The van der Waals surface area contributed by atoms with Gasteiger partial charge < -0.3 is 15.7 Å². The lowest BCUT2D eigenvalue weighted by atomic mass is 10.2. The Kier molecular flexibility index (Phi) is 6.07. The van der Waals surface area contributed by atoms with Crippen LogP contribution in [0, 0.1) is 0 Å². The molecule has 0 aliphatic heterocycles.